The minimum Gasteiger partial charge on any atom is -0.434 e. The monoisotopic (exact) mass is 257 g/mol. The van der Waals surface area contributed by atoms with Crippen LogP contribution in [0.3, 0.4) is 0 Å². The Morgan fingerprint density at radius 1 is 1.28 bits per heavy atom. The van der Waals surface area contributed by atoms with Crippen molar-refractivity contribution in [3.8, 4) is 5.75 Å². The molecule has 0 aliphatic rings. The van der Waals surface area contributed by atoms with E-state index in [-0.39, 0.29) is 11.8 Å². The molecule has 2 N–H and O–H groups in total. The standard InChI is InChI=1S/C14H21F2NO/c1-3-6-10(2)9-12(17)11-7-4-5-8-13(11)18-14(15)16/h4-5,7-8,10,12,14H,3,6,9,17H2,1-2H3. The molecule has 0 aliphatic carbocycles. The number of nitrogens with two attached hydrogens (primary N) is 1. The van der Waals surface area contributed by atoms with Crippen molar-refractivity contribution < 1.29 is 13.5 Å². The number of halogens is 2. The highest BCUT2D eigenvalue weighted by Gasteiger charge is 2.16. The van der Waals surface area contributed by atoms with E-state index < -0.39 is 6.61 Å². The zero-order valence-corrected chi connectivity index (χ0v) is 10.9. The van der Waals surface area contributed by atoms with Gasteiger partial charge in [-0.15, -0.1) is 0 Å². The van der Waals surface area contributed by atoms with Crippen LogP contribution in [0.1, 0.15) is 44.7 Å². The first-order valence-electron chi connectivity index (χ1n) is 6.33. The molecule has 1 rings (SSSR count). The summed E-state index contributed by atoms with van der Waals surface area (Å²) in [6, 6.07) is 6.48. The summed E-state index contributed by atoms with van der Waals surface area (Å²) in [5.41, 5.74) is 6.73. The molecule has 0 aliphatic heterocycles. The largest absolute Gasteiger partial charge is 0.434 e. The van der Waals surface area contributed by atoms with Gasteiger partial charge >= 0.3 is 6.61 Å². The van der Waals surface area contributed by atoms with Gasteiger partial charge in [0.2, 0.25) is 0 Å². The van der Waals surface area contributed by atoms with Crippen LogP contribution >= 0.6 is 0 Å². The van der Waals surface area contributed by atoms with Gasteiger partial charge in [-0.05, 0) is 18.4 Å². The Morgan fingerprint density at radius 3 is 2.56 bits per heavy atom. The van der Waals surface area contributed by atoms with Crippen molar-refractivity contribution in [1.82, 2.24) is 0 Å². The van der Waals surface area contributed by atoms with E-state index in [0.29, 0.717) is 11.5 Å². The van der Waals surface area contributed by atoms with E-state index in [4.69, 9.17) is 5.73 Å². The topological polar surface area (TPSA) is 35.2 Å². The van der Waals surface area contributed by atoms with Crippen molar-refractivity contribution in [3.05, 3.63) is 29.8 Å². The van der Waals surface area contributed by atoms with Crippen LogP contribution in [-0.2, 0) is 0 Å². The molecule has 18 heavy (non-hydrogen) atoms. The molecular formula is C14H21F2NO. The van der Waals surface area contributed by atoms with Gasteiger partial charge in [0.15, 0.2) is 0 Å². The third-order valence-corrected chi connectivity index (χ3v) is 2.97. The molecule has 0 radical (unpaired) electrons. The minimum atomic E-state index is -2.81. The lowest BCUT2D eigenvalue weighted by Gasteiger charge is -2.19. The van der Waals surface area contributed by atoms with Gasteiger partial charge in [0.25, 0.3) is 0 Å². The molecule has 0 spiro atoms. The van der Waals surface area contributed by atoms with Gasteiger partial charge in [0.05, 0.1) is 0 Å². The van der Waals surface area contributed by atoms with E-state index in [0.717, 1.165) is 19.3 Å². The Morgan fingerprint density at radius 2 is 1.94 bits per heavy atom. The number of alkyl halides is 2. The summed E-state index contributed by atoms with van der Waals surface area (Å²) in [5, 5.41) is 0. The van der Waals surface area contributed by atoms with Crippen molar-refractivity contribution in [2.75, 3.05) is 0 Å². The van der Waals surface area contributed by atoms with Crippen molar-refractivity contribution in [3.63, 3.8) is 0 Å². The normalized spacial score (nSPS) is 14.6. The average molecular weight is 257 g/mol. The molecule has 1 aromatic carbocycles. The maximum absolute atomic E-state index is 12.3. The van der Waals surface area contributed by atoms with E-state index in [9.17, 15) is 8.78 Å². The van der Waals surface area contributed by atoms with E-state index in [1.807, 2.05) is 0 Å². The fraction of sp³-hybridized carbons (Fsp3) is 0.571. The molecule has 0 bridgehead atoms. The molecule has 0 heterocycles. The highest BCUT2D eigenvalue weighted by Crippen LogP contribution is 2.29. The molecular weight excluding hydrogens is 236 g/mol. The van der Waals surface area contributed by atoms with Crippen molar-refractivity contribution in [1.29, 1.82) is 0 Å². The number of rotatable bonds is 7. The summed E-state index contributed by atoms with van der Waals surface area (Å²) in [4.78, 5) is 0. The second kappa shape index (κ2) is 7.31. The first-order chi connectivity index (χ1) is 8.54. The molecule has 0 amide bonds. The molecule has 0 saturated carbocycles. The molecule has 2 atom stereocenters. The van der Waals surface area contributed by atoms with Crippen molar-refractivity contribution in [2.24, 2.45) is 11.7 Å². The van der Waals surface area contributed by atoms with E-state index in [1.165, 1.54) is 6.07 Å². The van der Waals surface area contributed by atoms with Gasteiger partial charge in [-0.25, -0.2) is 0 Å². The minimum absolute atomic E-state index is 0.184. The van der Waals surface area contributed by atoms with Gasteiger partial charge in [0, 0.05) is 11.6 Å². The summed E-state index contributed by atoms with van der Waals surface area (Å²) in [6.45, 7) is 1.43. The molecule has 2 unspecified atom stereocenters. The molecule has 0 saturated heterocycles. The quantitative estimate of drug-likeness (QED) is 0.797. The average Bonchev–Trinajstić information content (AvgIpc) is 2.28. The molecule has 4 heteroatoms. The first kappa shape index (κ1) is 14.9. The predicted octanol–water partition coefficient (Wildman–Crippen LogP) is 4.11. The molecule has 0 aromatic heterocycles. The fourth-order valence-electron chi connectivity index (χ4n) is 2.16. The van der Waals surface area contributed by atoms with Crippen LogP contribution in [0, 0.1) is 5.92 Å². The smallest absolute Gasteiger partial charge is 0.387 e. The van der Waals surface area contributed by atoms with Crippen molar-refractivity contribution in [2.45, 2.75) is 45.8 Å². The number of hydrogen-bond acceptors (Lipinski definition) is 2. The SMILES string of the molecule is CCCC(C)CC(N)c1ccccc1OC(F)F. The summed E-state index contributed by atoms with van der Waals surface area (Å²) in [5.74, 6) is 0.660. The highest BCUT2D eigenvalue weighted by molar-refractivity contribution is 5.35. The third-order valence-electron chi connectivity index (χ3n) is 2.97. The third kappa shape index (κ3) is 4.61. The van der Waals surface area contributed by atoms with Gasteiger partial charge in [-0.3, -0.25) is 0 Å². The van der Waals surface area contributed by atoms with Gasteiger partial charge in [0.1, 0.15) is 5.75 Å². The number of hydrogen-bond donors (Lipinski definition) is 1. The Bertz CT molecular complexity index is 357. The Balaban J connectivity index is 2.74. The predicted molar refractivity (Wildman–Crippen MR) is 68.7 cm³/mol. The maximum atomic E-state index is 12.3. The second-order valence-electron chi connectivity index (χ2n) is 4.65. The number of benzene rings is 1. The van der Waals surface area contributed by atoms with Gasteiger partial charge in [-0.2, -0.15) is 8.78 Å². The van der Waals surface area contributed by atoms with Crippen LogP contribution in [0.15, 0.2) is 24.3 Å². The zero-order valence-electron chi connectivity index (χ0n) is 10.9. The highest BCUT2D eigenvalue weighted by atomic mass is 19.3. The van der Waals surface area contributed by atoms with Crippen LogP contribution in [0.25, 0.3) is 0 Å². The lowest BCUT2D eigenvalue weighted by Crippen LogP contribution is -2.16. The Labute approximate surface area is 107 Å². The van der Waals surface area contributed by atoms with Gasteiger partial charge in [-0.1, -0.05) is 44.9 Å². The summed E-state index contributed by atoms with van der Waals surface area (Å²) >= 11 is 0. The molecule has 102 valence electrons. The van der Waals surface area contributed by atoms with Crippen LogP contribution in [0.5, 0.6) is 5.75 Å². The van der Waals surface area contributed by atoms with Crippen LogP contribution in [-0.4, -0.2) is 6.61 Å². The van der Waals surface area contributed by atoms with E-state index >= 15 is 0 Å². The summed E-state index contributed by atoms with van der Waals surface area (Å²) < 4.78 is 29.1. The van der Waals surface area contributed by atoms with E-state index in [2.05, 4.69) is 18.6 Å². The van der Waals surface area contributed by atoms with Gasteiger partial charge < -0.3 is 10.5 Å². The van der Waals surface area contributed by atoms with Crippen LogP contribution in [0.4, 0.5) is 8.78 Å². The second-order valence-corrected chi connectivity index (χ2v) is 4.65. The Hall–Kier alpha value is -1.16. The maximum Gasteiger partial charge on any atom is 0.387 e. The van der Waals surface area contributed by atoms with Crippen molar-refractivity contribution >= 4 is 0 Å². The first-order valence-corrected chi connectivity index (χ1v) is 6.33. The summed E-state index contributed by atoms with van der Waals surface area (Å²) in [6.07, 6.45) is 2.96. The number of para-hydroxylation sites is 1. The zero-order chi connectivity index (χ0) is 13.5. The number of ether oxygens (including phenoxy) is 1. The molecule has 2 nitrogen and oxygen atoms in total. The summed E-state index contributed by atoms with van der Waals surface area (Å²) in [7, 11) is 0. The Kier molecular flexibility index (Phi) is 6.05. The molecule has 0 fully saturated rings. The fourth-order valence-corrected chi connectivity index (χ4v) is 2.16. The lowest BCUT2D eigenvalue weighted by molar-refractivity contribution is -0.0506. The lowest BCUT2D eigenvalue weighted by atomic mass is 9.93. The van der Waals surface area contributed by atoms with Crippen LogP contribution in [0.2, 0.25) is 0 Å². The molecule has 1 aromatic rings. The van der Waals surface area contributed by atoms with Crippen LogP contribution < -0.4 is 10.5 Å². The van der Waals surface area contributed by atoms with E-state index in [1.54, 1.807) is 18.2 Å².